The number of nitrogens with zero attached hydrogens (tertiary/aromatic N) is 3. The molecule has 0 unspecified atom stereocenters. The monoisotopic (exact) mass is 533 g/mol. The average Bonchev–Trinajstić information content (AvgIpc) is 3.40. The molecule has 1 aliphatic heterocycles. The Labute approximate surface area is 224 Å². The maximum atomic E-state index is 13.7. The van der Waals surface area contributed by atoms with Gasteiger partial charge in [-0.05, 0) is 49.4 Å². The number of hydrogen-bond donors (Lipinski definition) is 2. The molecule has 202 valence electrons. The van der Waals surface area contributed by atoms with Crippen molar-refractivity contribution in [2.75, 3.05) is 33.5 Å². The molecule has 0 radical (unpaired) electrons. The van der Waals surface area contributed by atoms with E-state index in [0.717, 1.165) is 0 Å². The Morgan fingerprint density at radius 1 is 1.10 bits per heavy atom. The lowest BCUT2D eigenvalue weighted by Gasteiger charge is -2.35. The van der Waals surface area contributed by atoms with Crippen LogP contribution in [0.3, 0.4) is 0 Å². The number of aromatic nitrogens is 4. The lowest BCUT2D eigenvalue weighted by atomic mass is 9.91. The van der Waals surface area contributed by atoms with Gasteiger partial charge in [0.05, 0.1) is 42.3 Å². The number of amides is 1. The largest absolute Gasteiger partial charge is 0.424 e. The zero-order valence-electron chi connectivity index (χ0n) is 21.5. The van der Waals surface area contributed by atoms with E-state index in [9.17, 15) is 9.18 Å². The molecular weight excluding hydrogens is 505 g/mol. The molecule has 1 aliphatic rings. The first kappa shape index (κ1) is 26.4. The molecule has 0 saturated carbocycles. The average molecular weight is 534 g/mol. The predicted molar refractivity (Wildman–Crippen MR) is 139 cm³/mol. The second-order valence-electron chi connectivity index (χ2n) is 9.26. The normalized spacial score (nSPS) is 19.0. The number of imidazole rings is 1. The van der Waals surface area contributed by atoms with Crippen molar-refractivity contribution < 1.29 is 28.1 Å². The summed E-state index contributed by atoms with van der Waals surface area (Å²) in [7, 11) is 1.57. The van der Waals surface area contributed by atoms with Crippen LogP contribution in [0.1, 0.15) is 19.0 Å². The molecule has 2 aromatic heterocycles. The zero-order chi connectivity index (χ0) is 27.2. The van der Waals surface area contributed by atoms with E-state index in [2.05, 4.69) is 20.3 Å². The molecule has 1 saturated heterocycles. The van der Waals surface area contributed by atoms with Crippen LogP contribution in [0.15, 0.2) is 66.9 Å². The van der Waals surface area contributed by atoms with Gasteiger partial charge in [-0.3, -0.25) is 4.79 Å². The molecule has 0 aliphatic carbocycles. The summed E-state index contributed by atoms with van der Waals surface area (Å²) in [5, 5.41) is 2.83. The van der Waals surface area contributed by atoms with Crippen LogP contribution in [0, 0.1) is 11.2 Å². The Morgan fingerprint density at radius 2 is 1.85 bits per heavy atom. The molecule has 2 N–H and O–H groups in total. The van der Waals surface area contributed by atoms with Crippen LogP contribution in [-0.2, 0) is 19.0 Å². The molecule has 1 amide bonds. The fourth-order valence-corrected chi connectivity index (χ4v) is 4.01. The number of aromatic amines is 1. The van der Waals surface area contributed by atoms with Gasteiger partial charge in [0.2, 0.25) is 12.2 Å². The van der Waals surface area contributed by atoms with Gasteiger partial charge in [-0.2, -0.15) is 4.98 Å². The van der Waals surface area contributed by atoms with Crippen molar-refractivity contribution in [3.63, 3.8) is 0 Å². The molecule has 4 aromatic rings. The Hall–Kier alpha value is -4.19. The number of rotatable bonds is 9. The van der Waals surface area contributed by atoms with E-state index >= 15 is 0 Å². The summed E-state index contributed by atoms with van der Waals surface area (Å²) in [6.07, 6.45) is 0.733. The number of benzene rings is 2. The standard InChI is InChI=1S/C28H28FN5O5/c1-28(26(35)30-14-15-36-2)16-37-25(38-17-28)24-33-22(18-8-10-19(29)11-9-18)23(34-24)21-12-13-31-27(32-21)39-20-6-4-3-5-7-20/h3-13,25H,14-17H2,1-2H3,(H,30,35)(H,33,34). The summed E-state index contributed by atoms with van der Waals surface area (Å²) in [5.74, 6) is 0.433. The summed E-state index contributed by atoms with van der Waals surface area (Å²) in [6.45, 7) is 2.83. The molecule has 5 rings (SSSR count). The maximum Gasteiger partial charge on any atom is 0.322 e. The summed E-state index contributed by atoms with van der Waals surface area (Å²) in [5.41, 5.74) is 1.38. The highest BCUT2D eigenvalue weighted by atomic mass is 19.1. The molecular formula is C28H28FN5O5. The highest BCUT2D eigenvalue weighted by Gasteiger charge is 2.40. The third-order valence-electron chi connectivity index (χ3n) is 6.15. The van der Waals surface area contributed by atoms with E-state index in [1.807, 2.05) is 18.2 Å². The van der Waals surface area contributed by atoms with Crippen LogP contribution in [0.4, 0.5) is 4.39 Å². The van der Waals surface area contributed by atoms with Gasteiger partial charge >= 0.3 is 6.01 Å². The van der Waals surface area contributed by atoms with E-state index in [4.69, 9.17) is 23.9 Å². The van der Waals surface area contributed by atoms with Gasteiger partial charge in [0.1, 0.15) is 11.6 Å². The van der Waals surface area contributed by atoms with Gasteiger partial charge in [0.25, 0.3) is 0 Å². The zero-order valence-corrected chi connectivity index (χ0v) is 21.5. The minimum atomic E-state index is -0.865. The fourth-order valence-electron chi connectivity index (χ4n) is 4.01. The SMILES string of the molecule is COCCNC(=O)C1(C)COC(c2nc(-c3ccc(F)cc3)c(-c3ccnc(Oc4ccccc4)n3)[nH]2)OC1. The van der Waals surface area contributed by atoms with E-state index in [-0.39, 0.29) is 30.9 Å². The number of methoxy groups -OCH3 is 1. The van der Waals surface area contributed by atoms with Crippen molar-refractivity contribution in [1.29, 1.82) is 0 Å². The molecule has 1 fully saturated rings. The number of hydrogen-bond acceptors (Lipinski definition) is 8. The first-order valence-corrected chi connectivity index (χ1v) is 12.4. The second kappa shape index (κ2) is 11.7. The Kier molecular flexibility index (Phi) is 7.92. The van der Waals surface area contributed by atoms with Crippen molar-refractivity contribution in [2.45, 2.75) is 13.2 Å². The predicted octanol–water partition coefficient (Wildman–Crippen LogP) is 4.28. The highest BCUT2D eigenvalue weighted by molar-refractivity contribution is 5.82. The van der Waals surface area contributed by atoms with Crippen molar-refractivity contribution >= 4 is 5.91 Å². The summed E-state index contributed by atoms with van der Waals surface area (Å²) >= 11 is 0. The number of H-pyrrole nitrogens is 1. The van der Waals surface area contributed by atoms with Gasteiger partial charge < -0.3 is 29.2 Å². The Morgan fingerprint density at radius 3 is 2.56 bits per heavy atom. The van der Waals surface area contributed by atoms with Crippen LogP contribution in [0.2, 0.25) is 0 Å². The van der Waals surface area contributed by atoms with Crippen LogP contribution in [0.25, 0.3) is 22.6 Å². The molecule has 0 spiro atoms. The van der Waals surface area contributed by atoms with Gasteiger partial charge in [-0.25, -0.2) is 14.4 Å². The van der Waals surface area contributed by atoms with E-state index in [1.54, 1.807) is 50.6 Å². The van der Waals surface area contributed by atoms with Crippen molar-refractivity contribution in [3.05, 3.63) is 78.5 Å². The summed E-state index contributed by atoms with van der Waals surface area (Å²) in [4.78, 5) is 29.4. The van der Waals surface area contributed by atoms with Gasteiger partial charge in [-0.15, -0.1) is 0 Å². The molecule has 11 heteroatoms. The number of para-hydroxylation sites is 1. The topological polar surface area (TPSA) is 120 Å². The van der Waals surface area contributed by atoms with E-state index in [1.165, 1.54) is 12.1 Å². The molecule has 2 aromatic carbocycles. The molecule has 10 nitrogen and oxygen atoms in total. The highest BCUT2D eigenvalue weighted by Crippen LogP contribution is 2.36. The molecule has 39 heavy (non-hydrogen) atoms. The first-order valence-electron chi connectivity index (χ1n) is 12.4. The van der Waals surface area contributed by atoms with Crippen LogP contribution in [-0.4, -0.2) is 59.3 Å². The fraction of sp³-hybridized carbons (Fsp3) is 0.286. The Bertz CT molecular complexity index is 1410. The second-order valence-corrected chi connectivity index (χ2v) is 9.26. The number of halogens is 1. The van der Waals surface area contributed by atoms with Crippen molar-refractivity contribution in [2.24, 2.45) is 5.41 Å². The molecule has 3 heterocycles. The maximum absolute atomic E-state index is 13.7. The number of ether oxygens (including phenoxy) is 4. The third kappa shape index (κ3) is 6.11. The van der Waals surface area contributed by atoms with E-state index in [0.29, 0.717) is 47.4 Å². The van der Waals surface area contributed by atoms with Gasteiger partial charge in [-0.1, -0.05) is 18.2 Å². The van der Waals surface area contributed by atoms with Gasteiger partial charge in [0, 0.05) is 25.4 Å². The van der Waals surface area contributed by atoms with Gasteiger partial charge in [0.15, 0.2) is 5.82 Å². The lowest BCUT2D eigenvalue weighted by Crippen LogP contribution is -2.49. The number of nitrogens with one attached hydrogen (secondary N) is 2. The number of carbonyl (C=O) groups excluding carboxylic acids is 1. The van der Waals surface area contributed by atoms with E-state index < -0.39 is 11.7 Å². The van der Waals surface area contributed by atoms with Crippen LogP contribution in [0.5, 0.6) is 11.8 Å². The molecule has 0 bridgehead atoms. The third-order valence-corrected chi connectivity index (χ3v) is 6.15. The van der Waals surface area contributed by atoms with Crippen molar-refractivity contribution in [3.8, 4) is 34.4 Å². The minimum absolute atomic E-state index is 0.126. The number of carbonyl (C=O) groups is 1. The van der Waals surface area contributed by atoms with Crippen LogP contribution >= 0.6 is 0 Å². The molecule has 0 atom stereocenters. The summed E-state index contributed by atoms with van der Waals surface area (Å²) in [6, 6.07) is 17.0. The first-order chi connectivity index (χ1) is 18.9. The minimum Gasteiger partial charge on any atom is -0.424 e. The lowest BCUT2D eigenvalue weighted by molar-refractivity contribution is -0.231. The smallest absolute Gasteiger partial charge is 0.322 e. The van der Waals surface area contributed by atoms with Crippen LogP contribution < -0.4 is 10.1 Å². The quantitative estimate of drug-likeness (QED) is 0.306. The Balaban J connectivity index is 1.41. The summed E-state index contributed by atoms with van der Waals surface area (Å²) < 4.78 is 36.4. The van der Waals surface area contributed by atoms with Crippen molar-refractivity contribution in [1.82, 2.24) is 25.3 Å².